The van der Waals surface area contributed by atoms with Gasteiger partial charge in [-0.05, 0) is 25.8 Å². The van der Waals surface area contributed by atoms with E-state index < -0.39 is 16.4 Å². The summed E-state index contributed by atoms with van der Waals surface area (Å²) in [6.45, 7) is 3.57. The van der Waals surface area contributed by atoms with Crippen molar-refractivity contribution in [2.75, 3.05) is 13.1 Å². The van der Waals surface area contributed by atoms with Gasteiger partial charge in [-0.25, -0.2) is 0 Å². The highest BCUT2D eigenvalue weighted by Crippen LogP contribution is 2.25. The van der Waals surface area contributed by atoms with Crippen LogP contribution in [0.15, 0.2) is 18.2 Å². The van der Waals surface area contributed by atoms with E-state index in [0.717, 1.165) is 13.0 Å². The second-order valence-electron chi connectivity index (χ2n) is 5.03. The predicted molar refractivity (Wildman–Crippen MR) is 68.1 cm³/mol. The normalized spacial score (nSPS) is 21.5. The molecule has 1 aromatic carbocycles. The number of nitro benzene ring substituents is 1. The molecule has 1 aliphatic rings. The molecule has 5 nitrogen and oxygen atoms in total. The van der Waals surface area contributed by atoms with Crippen LogP contribution < -0.4 is 0 Å². The maximum atomic E-state index is 13.9. The summed E-state index contributed by atoms with van der Waals surface area (Å²) in [7, 11) is 0. The molecule has 2 unspecified atom stereocenters. The molecule has 1 aliphatic heterocycles. The van der Waals surface area contributed by atoms with Crippen LogP contribution in [-0.4, -0.2) is 34.1 Å². The highest BCUT2D eigenvalue weighted by molar-refractivity contribution is 5.36. The van der Waals surface area contributed by atoms with E-state index in [9.17, 15) is 19.6 Å². The van der Waals surface area contributed by atoms with Crippen LogP contribution in [0.4, 0.5) is 10.1 Å². The van der Waals surface area contributed by atoms with Crippen LogP contribution in [-0.2, 0) is 6.54 Å². The number of aliphatic hydroxyl groups excluding tert-OH is 1. The summed E-state index contributed by atoms with van der Waals surface area (Å²) in [6, 6.07) is 4.23. The minimum atomic E-state index is -0.756. The Kier molecular flexibility index (Phi) is 4.11. The van der Waals surface area contributed by atoms with Gasteiger partial charge in [0, 0.05) is 24.7 Å². The molecule has 0 spiro atoms. The molecule has 0 aliphatic carbocycles. The summed E-state index contributed by atoms with van der Waals surface area (Å²) in [5, 5.41) is 20.2. The number of hydrogen-bond acceptors (Lipinski definition) is 4. The average Bonchev–Trinajstić information content (AvgIpc) is 2.80. The second kappa shape index (κ2) is 5.63. The van der Waals surface area contributed by atoms with E-state index in [1.165, 1.54) is 12.1 Å². The fourth-order valence-corrected chi connectivity index (χ4v) is 2.47. The van der Waals surface area contributed by atoms with Gasteiger partial charge in [-0.2, -0.15) is 4.39 Å². The molecular formula is C13H17FN2O3. The van der Waals surface area contributed by atoms with Gasteiger partial charge in [0.15, 0.2) is 0 Å². The van der Waals surface area contributed by atoms with Gasteiger partial charge in [0.25, 0.3) is 0 Å². The van der Waals surface area contributed by atoms with E-state index >= 15 is 0 Å². The molecule has 2 atom stereocenters. The lowest BCUT2D eigenvalue weighted by atomic mass is 10.0. The third-order valence-corrected chi connectivity index (χ3v) is 3.64. The van der Waals surface area contributed by atoms with E-state index in [0.29, 0.717) is 18.7 Å². The van der Waals surface area contributed by atoms with Gasteiger partial charge >= 0.3 is 5.69 Å². The zero-order valence-electron chi connectivity index (χ0n) is 10.8. The molecule has 6 heteroatoms. The fraction of sp³-hybridized carbons (Fsp3) is 0.538. The van der Waals surface area contributed by atoms with Gasteiger partial charge in [0.1, 0.15) is 0 Å². The van der Waals surface area contributed by atoms with Gasteiger partial charge in [-0.1, -0.05) is 12.1 Å². The topological polar surface area (TPSA) is 66.6 Å². The maximum Gasteiger partial charge on any atom is 0.305 e. The third kappa shape index (κ3) is 3.08. The predicted octanol–water partition coefficient (Wildman–Crippen LogP) is 1.94. The average molecular weight is 268 g/mol. The quantitative estimate of drug-likeness (QED) is 0.669. The smallest absolute Gasteiger partial charge is 0.305 e. The molecule has 0 radical (unpaired) electrons. The van der Waals surface area contributed by atoms with E-state index in [-0.39, 0.29) is 12.0 Å². The van der Waals surface area contributed by atoms with Gasteiger partial charge < -0.3 is 5.11 Å². The van der Waals surface area contributed by atoms with E-state index in [1.807, 2.05) is 4.90 Å². The van der Waals surface area contributed by atoms with E-state index in [1.54, 1.807) is 13.0 Å². The zero-order chi connectivity index (χ0) is 14.0. The van der Waals surface area contributed by atoms with Crippen molar-refractivity contribution in [2.45, 2.75) is 26.0 Å². The van der Waals surface area contributed by atoms with E-state index in [2.05, 4.69) is 0 Å². The Morgan fingerprint density at radius 1 is 1.63 bits per heavy atom. The Labute approximate surface area is 110 Å². The van der Waals surface area contributed by atoms with Gasteiger partial charge in [0.05, 0.1) is 11.0 Å². The van der Waals surface area contributed by atoms with Crippen LogP contribution in [0.3, 0.4) is 0 Å². The number of aliphatic hydroxyl groups is 1. The number of hydrogen-bond donors (Lipinski definition) is 1. The number of halogens is 1. The minimum Gasteiger partial charge on any atom is -0.393 e. The monoisotopic (exact) mass is 268 g/mol. The molecule has 0 saturated carbocycles. The number of nitrogens with zero attached hydrogens (tertiary/aromatic N) is 2. The number of nitro groups is 1. The van der Waals surface area contributed by atoms with Crippen molar-refractivity contribution in [2.24, 2.45) is 5.92 Å². The van der Waals surface area contributed by atoms with Crippen molar-refractivity contribution < 1.29 is 14.4 Å². The highest BCUT2D eigenvalue weighted by atomic mass is 19.1. The van der Waals surface area contributed by atoms with Crippen LogP contribution in [0, 0.1) is 21.8 Å². The molecule has 0 aromatic heterocycles. The molecular weight excluding hydrogens is 251 g/mol. The number of rotatable bonds is 4. The molecule has 1 fully saturated rings. The molecule has 1 aromatic rings. The summed E-state index contributed by atoms with van der Waals surface area (Å²) >= 11 is 0. The number of benzene rings is 1. The maximum absolute atomic E-state index is 13.9. The molecule has 0 bridgehead atoms. The Morgan fingerprint density at radius 3 is 2.95 bits per heavy atom. The van der Waals surface area contributed by atoms with Gasteiger partial charge in [-0.3, -0.25) is 15.0 Å². The van der Waals surface area contributed by atoms with Crippen LogP contribution in [0.5, 0.6) is 0 Å². The Hall–Kier alpha value is -1.53. The summed E-state index contributed by atoms with van der Waals surface area (Å²) in [6.07, 6.45) is 0.494. The molecule has 0 amide bonds. The molecule has 19 heavy (non-hydrogen) atoms. The molecule has 104 valence electrons. The van der Waals surface area contributed by atoms with Gasteiger partial charge in [0.2, 0.25) is 5.82 Å². The molecule has 2 rings (SSSR count). The first-order valence-corrected chi connectivity index (χ1v) is 6.31. The third-order valence-electron chi connectivity index (χ3n) is 3.64. The first kappa shape index (κ1) is 13.9. The Bertz CT molecular complexity index is 479. The summed E-state index contributed by atoms with van der Waals surface area (Å²) in [5.74, 6) is -0.560. The summed E-state index contributed by atoms with van der Waals surface area (Å²) in [4.78, 5) is 12.0. The van der Waals surface area contributed by atoms with E-state index in [4.69, 9.17) is 0 Å². The largest absolute Gasteiger partial charge is 0.393 e. The van der Waals surface area contributed by atoms with Crippen LogP contribution in [0.2, 0.25) is 0 Å². The first-order chi connectivity index (χ1) is 8.99. The SMILES string of the molecule is CC(O)C1CCN(Cc2cccc([N+](=O)[O-])c2F)C1. The van der Waals surface area contributed by atoms with Crippen molar-refractivity contribution in [3.8, 4) is 0 Å². The van der Waals surface area contributed by atoms with Crippen molar-refractivity contribution >= 4 is 5.69 Å². The highest BCUT2D eigenvalue weighted by Gasteiger charge is 2.27. The summed E-state index contributed by atoms with van der Waals surface area (Å²) < 4.78 is 13.9. The van der Waals surface area contributed by atoms with Crippen molar-refractivity contribution in [3.63, 3.8) is 0 Å². The van der Waals surface area contributed by atoms with Crippen molar-refractivity contribution in [1.29, 1.82) is 0 Å². The lowest BCUT2D eigenvalue weighted by molar-refractivity contribution is -0.387. The number of likely N-dealkylation sites (tertiary alicyclic amines) is 1. The Morgan fingerprint density at radius 2 is 2.37 bits per heavy atom. The van der Waals surface area contributed by atoms with Crippen molar-refractivity contribution in [3.05, 3.63) is 39.7 Å². The zero-order valence-corrected chi connectivity index (χ0v) is 10.8. The van der Waals surface area contributed by atoms with Gasteiger partial charge in [-0.15, -0.1) is 0 Å². The van der Waals surface area contributed by atoms with Crippen LogP contribution in [0.25, 0.3) is 0 Å². The van der Waals surface area contributed by atoms with Crippen LogP contribution in [0.1, 0.15) is 18.9 Å². The standard InChI is InChI=1S/C13H17FN2O3/c1-9(17)10-5-6-15(7-10)8-11-3-2-4-12(13(11)14)16(18)19/h2-4,9-10,17H,5-8H2,1H3. The Balaban J connectivity index is 2.08. The molecule has 1 N–H and O–H groups in total. The van der Waals surface area contributed by atoms with Crippen molar-refractivity contribution in [1.82, 2.24) is 4.90 Å². The molecule has 1 saturated heterocycles. The lowest BCUT2D eigenvalue weighted by Crippen LogP contribution is -2.24. The minimum absolute atomic E-state index is 0.196. The first-order valence-electron chi connectivity index (χ1n) is 6.31. The fourth-order valence-electron chi connectivity index (χ4n) is 2.47. The van der Waals surface area contributed by atoms with Crippen LogP contribution >= 0.6 is 0 Å². The molecule has 1 heterocycles. The lowest BCUT2D eigenvalue weighted by Gasteiger charge is -2.17. The summed E-state index contributed by atoms with van der Waals surface area (Å²) in [5.41, 5.74) is -0.149. The second-order valence-corrected chi connectivity index (χ2v) is 5.03.